The highest BCUT2D eigenvalue weighted by Crippen LogP contribution is 2.16. The van der Waals surface area contributed by atoms with Crippen LogP contribution in [0.3, 0.4) is 0 Å². The highest BCUT2D eigenvalue weighted by Gasteiger charge is 2.18. The molecule has 0 saturated carbocycles. The fraction of sp³-hybridized carbons (Fsp3) is 0.429. The monoisotopic (exact) mass is 433 g/mol. The number of carbonyl (C=O) groups is 1. The fourth-order valence-corrected chi connectivity index (χ4v) is 3.91. The van der Waals surface area contributed by atoms with E-state index in [0.717, 1.165) is 42.5 Å². The molecule has 1 aliphatic rings. The van der Waals surface area contributed by atoms with Gasteiger partial charge >= 0.3 is 0 Å². The van der Waals surface area contributed by atoms with Crippen molar-refractivity contribution in [2.75, 3.05) is 46.0 Å². The van der Waals surface area contributed by atoms with Crippen molar-refractivity contribution >= 4 is 32.5 Å². The zero-order valence-corrected chi connectivity index (χ0v) is 18.4. The van der Waals surface area contributed by atoms with Crippen LogP contribution in [0, 0.1) is 0 Å². The minimum atomic E-state index is -2.95. The van der Waals surface area contributed by atoms with Crippen LogP contribution in [0.5, 0.6) is 0 Å². The first-order valence-electron chi connectivity index (χ1n) is 9.81. The molecule has 0 bridgehead atoms. The lowest BCUT2D eigenvalue weighted by molar-refractivity contribution is -0.132. The van der Waals surface area contributed by atoms with Crippen LogP contribution in [0.1, 0.15) is 12.0 Å². The number of carbonyl (C=O) groups excluding carboxylic acids is 1. The maximum absolute atomic E-state index is 11.6. The number of nitrogens with two attached hydrogens (primary N) is 2. The van der Waals surface area contributed by atoms with Crippen molar-refractivity contribution in [2.45, 2.75) is 12.2 Å². The van der Waals surface area contributed by atoms with Gasteiger partial charge in [0.2, 0.25) is 5.91 Å². The number of amides is 1. The van der Waals surface area contributed by atoms with Crippen LogP contribution in [0.15, 0.2) is 47.5 Å². The highest BCUT2D eigenvalue weighted by molar-refractivity contribution is 7.89. The fourth-order valence-electron chi connectivity index (χ4n) is 3.13. The molecule has 9 heteroatoms. The van der Waals surface area contributed by atoms with E-state index in [1.54, 1.807) is 0 Å². The summed E-state index contributed by atoms with van der Waals surface area (Å²) in [6.45, 7) is 3.86. The van der Waals surface area contributed by atoms with Gasteiger partial charge < -0.3 is 21.3 Å². The SMILES string of the molecule is CN1CCN(C(=O)CCN=C(N)N)CC1.CS(=O)(=O)Cc1ccc2ccccc2c1. The Labute approximate surface area is 178 Å². The molecular weight excluding hydrogens is 402 g/mol. The molecule has 0 aliphatic carbocycles. The van der Waals surface area contributed by atoms with Crippen molar-refractivity contribution in [2.24, 2.45) is 16.5 Å². The van der Waals surface area contributed by atoms with Gasteiger partial charge in [0.1, 0.15) is 0 Å². The molecule has 1 amide bonds. The summed E-state index contributed by atoms with van der Waals surface area (Å²) in [5.74, 6) is 0.284. The standard InChI is InChI=1S/C12H12O2S.C9H19N5O/c1-15(13,14)9-10-6-7-11-4-2-3-5-12(11)8-10;1-13-4-6-14(7-5-13)8(15)2-3-12-9(10)11/h2-8H,9H2,1H3;2-7H2,1H3,(H4,10,11,12). The summed E-state index contributed by atoms with van der Waals surface area (Å²) in [7, 11) is -0.889. The first kappa shape index (κ1) is 23.6. The number of rotatable bonds is 5. The normalized spacial score (nSPS) is 14.7. The van der Waals surface area contributed by atoms with E-state index in [4.69, 9.17) is 11.5 Å². The molecule has 0 aromatic heterocycles. The number of guanidine groups is 1. The molecule has 1 heterocycles. The maximum Gasteiger partial charge on any atom is 0.224 e. The van der Waals surface area contributed by atoms with Gasteiger partial charge in [-0.05, 0) is 23.4 Å². The lowest BCUT2D eigenvalue weighted by Gasteiger charge is -2.32. The Bertz CT molecular complexity index is 979. The summed E-state index contributed by atoms with van der Waals surface area (Å²) in [5.41, 5.74) is 11.2. The summed E-state index contributed by atoms with van der Waals surface area (Å²) < 4.78 is 22.3. The number of hydrogen-bond acceptors (Lipinski definition) is 5. The Balaban J connectivity index is 0.000000214. The molecule has 30 heavy (non-hydrogen) atoms. The number of likely N-dealkylation sites (N-methyl/N-ethyl adjacent to an activating group) is 1. The van der Waals surface area contributed by atoms with Gasteiger partial charge in [0.15, 0.2) is 15.8 Å². The van der Waals surface area contributed by atoms with Gasteiger partial charge in [-0.15, -0.1) is 0 Å². The average molecular weight is 434 g/mol. The summed E-state index contributed by atoms with van der Waals surface area (Å²) in [4.78, 5) is 19.5. The van der Waals surface area contributed by atoms with Crippen LogP contribution in [0.4, 0.5) is 0 Å². The van der Waals surface area contributed by atoms with Crippen LogP contribution in [-0.2, 0) is 20.4 Å². The molecule has 1 aliphatic heterocycles. The Morgan fingerprint density at radius 2 is 1.67 bits per heavy atom. The van der Waals surface area contributed by atoms with Crippen LogP contribution in [-0.4, -0.2) is 76.1 Å². The van der Waals surface area contributed by atoms with E-state index in [0.29, 0.717) is 13.0 Å². The Morgan fingerprint density at radius 3 is 2.27 bits per heavy atom. The first-order chi connectivity index (χ1) is 14.1. The summed E-state index contributed by atoms with van der Waals surface area (Å²) in [6, 6.07) is 13.7. The zero-order chi connectivity index (χ0) is 22.1. The lowest BCUT2D eigenvalue weighted by Crippen LogP contribution is -2.47. The van der Waals surface area contributed by atoms with Gasteiger partial charge in [-0.25, -0.2) is 8.42 Å². The zero-order valence-electron chi connectivity index (χ0n) is 17.6. The van der Waals surface area contributed by atoms with Crippen molar-refractivity contribution < 1.29 is 13.2 Å². The molecule has 1 fully saturated rings. The highest BCUT2D eigenvalue weighted by atomic mass is 32.2. The van der Waals surface area contributed by atoms with Crippen molar-refractivity contribution in [1.82, 2.24) is 9.80 Å². The van der Waals surface area contributed by atoms with E-state index < -0.39 is 9.84 Å². The minimum Gasteiger partial charge on any atom is -0.370 e. The number of nitrogens with zero attached hydrogens (tertiary/aromatic N) is 3. The van der Waals surface area contributed by atoms with Gasteiger partial charge in [0.05, 0.1) is 12.3 Å². The molecular formula is C21H31N5O3S. The van der Waals surface area contributed by atoms with E-state index in [9.17, 15) is 13.2 Å². The molecule has 164 valence electrons. The molecule has 1 saturated heterocycles. The second kappa shape index (κ2) is 10.9. The predicted octanol–water partition coefficient (Wildman–Crippen LogP) is 0.808. The molecule has 0 spiro atoms. The number of benzene rings is 2. The molecule has 3 rings (SSSR count). The van der Waals surface area contributed by atoms with Gasteiger partial charge in [0.25, 0.3) is 0 Å². The minimum absolute atomic E-state index is 0.0428. The Hall–Kier alpha value is -2.65. The quantitative estimate of drug-likeness (QED) is 0.531. The molecule has 0 radical (unpaired) electrons. The maximum atomic E-state index is 11.6. The molecule has 8 nitrogen and oxygen atoms in total. The number of piperazine rings is 1. The molecule has 2 aromatic rings. The molecule has 4 N–H and O–H groups in total. The number of hydrogen-bond donors (Lipinski definition) is 2. The molecule has 0 unspecified atom stereocenters. The van der Waals surface area contributed by atoms with Crippen molar-refractivity contribution in [3.8, 4) is 0 Å². The summed E-state index contributed by atoms with van der Waals surface area (Å²) >= 11 is 0. The van der Waals surface area contributed by atoms with E-state index in [2.05, 4.69) is 16.9 Å². The lowest BCUT2D eigenvalue weighted by atomic mass is 10.1. The third-order valence-corrected chi connectivity index (χ3v) is 5.58. The first-order valence-corrected chi connectivity index (χ1v) is 11.9. The third kappa shape index (κ3) is 8.38. The molecule has 0 atom stereocenters. The van der Waals surface area contributed by atoms with Crippen LogP contribution >= 0.6 is 0 Å². The average Bonchev–Trinajstić information content (AvgIpc) is 2.67. The predicted molar refractivity (Wildman–Crippen MR) is 122 cm³/mol. The van der Waals surface area contributed by atoms with Crippen LogP contribution < -0.4 is 11.5 Å². The number of aliphatic imine (C=N–C) groups is 1. The smallest absolute Gasteiger partial charge is 0.224 e. The van der Waals surface area contributed by atoms with Crippen molar-refractivity contribution in [3.05, 3.63) is 48.0 Å². The van der Waals surface area contributed by atoms with E-state index in [1.165, 1.54) is 6.26 Å². The van der Waals surface area contributed by atoms with E-state index >= 15 is 0 Å². The Morgan fingerprint density at radius 1 is 1.03 bits per heavy atom. The van der Waals surface area contributed by atoms with Gasteiger partial charge in [-0.1, -0.05) is 42.5 Å². The van der Waals surface area contributed by atoms with E-state index in [-0.39, 0.29) is 17.6 Å². The van der Waals surface area contributed by atoms with Gasteiger partial charge in [0, 0.05) is 38.9 Å². The van der Waals surface area contributed by atoms with Crippen LogP contribution in [0.25, 0.3) is 10.8 Å². The second-order valence-electron chi connectivity index (χ2n) is 7.49. The number of fused-ring (bicyclic) bond motifs is 1. The van der Waals surface area contributed by atoms with Gasteiger partial charge in [-0.2, -0.15) is 0 Å². The van der Waals surface area contributed by atoms with Crippen molar-refractivity contribution in [1.29, 1.82) is 0 Å². The van der Waals surface area contributed by atoms with Gasteiger partial charge in [-0.3, -0.25) is 9.79 Å². The van der Waals surface area contributed by atoms with Crippen LogP contribution in [0.2, 0.25) is 0 Å². The number of sulfone groups is 1. The van der Waals surface area contributed by atoms with E-state index in [1.807, 2.05) is 47.4 Å². The topological polar surface area (TPSA) is 122 Å². The molecule has 2 aromatic carbocycles. The summed E-state index contributed by atoms with van der Waals surface area (Å²) in [6.07, 6.45) is 1.64. The van der Waals surface area contributed by atoms with Crippen molar-refractivity contribution in [3.63, 3.8) is 0 Å². The second-order valence-corrected chi connectivity index (χ2v) is 9.63. The third-order valence-electron chi connectivity index (χ3n) is 4.72. The largest absolute Gasteiger partial charge is 0.370 e. The Kier molecular flexibility index (Phi) is 8.61. The summed E-state index contributed by atoms with van der Waals surface area (Å²) in [5, 5.41) is 2.22.